The molecule has 0 amide bonds. The van der Waals surface area contributed by atoms with Crippen molar-refractivity contribution in [2.75, 3.05) is 0 Å². The number of pyridine rings is 1. The Morgan fingerprint density at radius 2 is 1.57 bits per heavy atom. The number of nitrogens with zero attached hydrogens (tertiary/aromatic N) is 2. The van der Waals surface area contributed by atoms with Crippen LogP contribution in [0.3, 0.4) is 0 Å². The summed E-state index contributed by atoms with van der Waals surface area (Å²) in [7, 11) is 0. The summed E-state index contributed by atoms with van der Waals surface area (Å²) >= 11 is 0. The summed E-state index contributed by atoms with van der Waals surface area (Å²) in [5, 5.41) is 17.7. The van der Waals surface area contributed by atoms with Crippen molar-refractivity contribution in [3.63, 3.8) is 0 Å². The van der Waals surface area contributed by atoms with E-state index in [2.05, 4.69) is 4.98 Å². The predicted octanol–water partition coefficient (Wildman–Crippen LogP) is 1.72. The van der Waals surface area contributed by atoms with Crippen molar-refractivity contribution in [1.29, 1.82) is 0 Å². The summed E-state index contributed by atoms with van der Waals surface area (Å²) < 4.78 is 13.1. The normalized spacial score (nSPS) is 8.22. The fourth-order valence-corrected chi connectivity index (χ4v) is 1.83. The van der Waals surface area contributed by atoms with Gasteiger partial charge in [0, 0.05) is 17.0 Å². The zero-order chi connectivity index (χ0) is 13.8. The minimum Gasteiger partial charge on any atom is -1.00 e. The topological polar surface area (TPSA) is 146 Å². The third kappa shape index (κ3) is 6.83. The Morgan fingerprint density at radius 1 is 1.00 bits per heavy atom. The van der Waals surface area contributed by atoms with E-state index in [1.54, 1.807) is 6.07 Å². The molecule has 3 aromatic rings. The number of nitrogens with two attached hydrogens (primary N) is 2. The van der Waals surface area contributed by atoms with Crippen LogP contribution in [0.15, 0.2) is 48.7 Å². The first-order valence-corrected chi connectivity index (χ1v) is 5.32. The molecular formula is C13H12ClFN4O3Pt. The van der Waals surface area contributed by atoms with Crippen molar-refractivity contribution in [2.24, 2.45) is 0 Å². The average Bonchev–Trinajstić information content (AvgIpc) is 2.38. The molecule has 1 heterocycles. The van der Waals surface area contributed by atoms with Gasteiger partial charge < -0.3 is 40.0 Å². The number of halogens is 2. The quantitative estimate of drug-likeness (QED) is 0.252. The Hall–Kier alpha value is -1.86. The molecule has 0 atom stereocenters. The number of aromatic nitrogens is 1. The summed E-state index contributed by atoms with van der Waals surface area (Å²) in [4.78, 5) is 12.5. The molecule has 0 radical (unpaired) electrons. The zero-order valence-electron chi connectivity index (χ0n) is 11.5. The molecule has 126 valence electrons. The zero-order valence-corrected chi connectivity index (χ0v) is 14.5. The van der Waals surface area contributed by atoms with Gasteiger partial charge in [0.05, 0.1) is 10.6 Å². The van der Waals surface area contributed by atoms with Crippen LogP contribution in [0.2, 0.25) is 0 Å². The number of rotatable bonds is 0. The van der Waals surface area contributed by atoms with Gasteiger partial charge in [-0.15, -0.1) is 0 Å². The number of fused-ring (bicyclic) bond motifs is 3. The van der Waals surface area contributed by atoms with Gasteiger partial charge in [-0.3, -0.25) is 4.98 Å². The van der Waals surface area contributed by atoms with Crippen molar-refractivity contribution < 1.29 is 42.9 Å². The summed E-state index contributed by atoms with van der Waals surface area (Å²) in [6, 6.07) is 12.5. The maximum absolute atomic E-state index is 13.1. The van der Waals surface area contributed by atoms with Gasteiger partial charge in [-0.25, -0.2) is 4.39 Å². The summed E-state index contributed by atoms with van der Waals surface area (Å²) in [5.74, 6) is -0.222. The second-order valence-electron chi connectivity index (χ2n) is 3.73. The second kappa shape index (κ2) is 11.7. The number of hydrogen-bond acceptors (Lipinski definition) is 4. The molecule has 7 nitrogen and oxygen atoms in total. The van der Waals surface area contributed by atoms with Gasteiger partial charge >= 0.3 is 21.1 Å². The average molecular weight is 522 g/mol. The van der Waals surface area contributed by atoms with Gasteiger partial charge in [0.15, 0.2) is 0 Å². The molecule has 0 aliphatic heterocycles. The van der Waals surface area contributed by atoms with E-state index in [1.807, 2.05) is 30.5 Å². The molecule has 0 bridgehead atoms. The van der Waals surface area contributed by atoms with E-state index >= 15 is 0 Å². The Labute approximate surface area is 151 Å². The summed E-state index contributed by atoms with van der Waals surface area (Å²) in [5.41, 5.74) is 0.829. The second-order valence-corrected chi connectivity index (χ2v) is 3.73. The van der Waals surface area contributed by atoms with Crippen LogP contribution in [0.5, 0.6) is 0 Å². The maximum Gasteiger partial charge on any atom is 4.00 e. The predicted molar refractivity (Wildman–Crippen MR) is 80.1 cm³/mol. The molecule has 3 rings (SSSR count). The first-order chi connectivity index (χ1) is 9.08. The van der Waals surface area contributed by atoms with Crippen LogP contribution in [0, 0.1) is 21.1 Å². The van der Waals surface area contributed by atoms with Crippen LogP contribution in [-0.4, -0.2) is 10.1 Å². The molecule has 2 aromatic carbocycles. The van der Waals surface area contributed by atoms with Crippen LogP contribution in [-0.2, 0) is 21.1 Å². The maximum atomic E-state index is 13.1. The van der Waals surface area contributed by atoms with Crippen LogP contribution in [0.25, 0.3) is 34.0 Å². The summed E-state index contributed by atoms with van der Waals surface area (Å²) in [6.07, 6.45) is 1.82. The Balaban J connectivity index is -0.000000457. The SMILES string of the molecule is Fc1ccc2ncc3ccccc3c2c1.O=[N+]([O-])[O-].[Cl-].[NH2-].[NH2-].[Pt+4]. The van der Waals surface area contributed by atoms with Crippen molar-refractivity contribution in [1.82, 2.24) is 4.98 Å². The standard InChI is InChI=1S/C13H8FN.ClH.NO3.2H2N.Pt/c14-10-5-6-13-12(7-10)11-4-2-1-3-9(11)8-15-13;;2-1(3)4;;;/h1-8H;1H;;2*1H2;/q;;3*-1;+4/p-1. The first-order valence-electron chi connectivity index (χ1n) is 5.32. The molecule has 4 N–H and O–H groups in total. The van der Waals surface area contributed by atoms with Gasteiger partial charge in [0.1, 0.15) is 5.82 Å². The molecule has 0 saturated heterocycles. The Bertz CT molecular complexity index is 759. The fourth-order valence-electron chi connectivity index (χ4n) is 1.83. The van der Waals surface area contributed by atoms with Gasteiger partial charge in [0.2, 0.25) is 0 Å². The van der Waals surface area contributed by atoms with Crippen molar-refractivity contribution in [3.8, 4) is 0 Å². The third-order valence-corrected chi connectivity index (χ3v) is 2.55. The van der Waals surface area contributed by atoms with E-state index in [9.17, 15) is 4.39 Å². The Morgan fingerprint density at radius 3 is 2.17 bits per heavy atom. The largest absolute Gasteiger partial charge is 4.00 e. The van der Waals surface area contributed by atoms with Crippen LogP contribution < -0.4 is 12.4 Å². The Kier molecular flexibility index (Phi) is 13.2. The molecule has 23 heavy (non-hydrogen) atoms. The van der Waals surface area contributed by atoms with Crippen LogP contribution in [0.4, 0.5) is 4.39 Å². The number of benzene rings is 2. The van der Waals surface area contributed by atoms with Crippen molar-refractivity contribution >= 4 is 21.7 Å². The summed E-state index contributed by atoms with van der Waals surface area (Å²) in [6.45, 7) is 0. The first kappa shape index (κ1) is 26.1. The van der Waals surface area contributed by atoms with Crippen molar-refractivity contribution in [3.05, 3.63) is 82.1 Å². The molecule has 0 aliphatic rings. The molecule has 0 saturated carbocycles. The smallest absolute Gasteiger partial charge is 1.00 e. The molecular weight excluding hydrogens is 510 g/mol. The van der Waals surface area contributed by atoms with Crippen molar-refractivity contribution in [2.45, 2.75) is 0 Å². The molecule has 1 aromatic heterocycles. The third-order valence-electron chi connectivity index (χ3n) is 2.55. The monoisotopic (exact) mass is 521 g/mol. The van der Waals surface area contributed by atoms with E-state index in [0.717, 1.165) is 21.7 Å². The van der Waals surface area contributed by atoms with Crippen LogP contribution >= 0.6 is 0 Å². The van der Waals surface area contributed by atoms with E-state index in [1.165, 1.54) is 12.1 Å². The van der Waals surface area contributed by atoms with Gasteiger partial charge in [-0.05, 0) is 23.6 Å². The minimum atomic E-state index is -1.75. The molecule has 10 heteroatoms. The van der Waals surface area contributed by atoms with Gasteiger partial charge in [-0.2, -0.15) is 0 Å². The molecule has 0 unspecified atom stereocenters. The van der Waals surface area contributed by atoms with Gasteiger partial charge in [-0.1, -0.05) is 24.3 Å². The minimum absolute atomic E-state index is 0. The number of hydrogen-bond donors (Lipinski definition) is 0. The van der Waals surface area contributed by atoms with Gasteiger partial charge in [0.25, 0.3) is 0 Å². The molecule has 0 aliphatic carbocycles. The van der Waals surface area contributed by atoms with E-state index in [4.69, 9.17) is 15.3 Å². The van der Waals surface area contributed by atoms with E-state index in [0.29, 0.717) is 0 Å². The molecule has 0 spiro atoms. The van der Waals surface area contributed by atoms with E-state index in [-0.39, 0.29) is 51.6 Å². The molecule has 0 fully saturated rings. The fraction of sp³-hybridized carbons (Fsp3) is 0. The van der Waals surface area contributed by atoms with Crippen LogP contribution in [0.1, 0.15) is 0 Å². The van der Waals surface area contributed by atoms with E-state index < -0.39 is 5.09 Å².